The van der Waals surface area contributed by atoms with Crippen molar-refractivity contribution in [3.63, 3.8) is 0 Å². The van der Waals surface area contributed by atoms with Crippen molar-refractivity contribution >= 4 is 11.8 Å². The number of likely N-dealkylation sites (tertiary alicyclic amines) is 1. The number of pyridine rings is 1. The summed E-state index contributed by atoms with van der Waals surface area (Å²) in [6.45, 7) is 1.21. The van der Waals surface area contributed by atoms with Gasteiger partial charge in [-0.05, 0) is 31.7 Å². The van der Waals surface area contributed by atoms with Crippen molar-refractivity contribution in [2.75, 3.05) is 26.7 Å². The largest absolute Gasteiger partial charge is 0.468 e. The summed E-state index contributed by atoms with van der Waals surface area (Å²) in [4.78, 5) is 33.7. The SMILES string of the molecule is CN(C(=O)c1cn[nH]c1C1CCCN(C(=O)COc2ccccn2)C1)C1CCCCC1. The molecule has 166 valence electrons. The van der Waals surface area contributed by atoms with Gasteiger partial charge in [0.25, 0.3) is 11.8 Å². The Bertz CT molecular complexity index is 878. The third-order valence-electron chi connectivity index (χ3n) is 6.51. The van der Waals surface area contributed by atoms with Crippen LogP contribution in [0.15, 0.2) is 30.6 Å². The van der Waals surface area contributed by atoms with Gasteiger partial charge in [0.1, 0.15) is 0 Å². The van der Waals surface area contributed by atoms with Crippen LogP contribution in [0.4, 0.5) is 0 Å². The van der Waals surface area contributed by atoms with E-state index in [1.54, 1.807) is 24.5 Å². The molecule has 2 aromatic heterocycles. The molecule has 0 bridgehead atoms. The minimum absolute atomic E-state index is 0.0255. The van der Waals surface area contributed by atoms with Gasteiger partial charge in [-0.3, -0.25) is 14.7 Å². The van der Waals surface area contributed by atoms with E-state index in [9.17, 15) is 9.59 Å². The van der Waals surface area contributed by atoms with E-state index < -0.39 is 0 Å². The number of aromatic nitrogens is 3. The van der Waals surface area contributed by atoms with E-state index in [2.05, 4.69) is 15.2 Å². The Morgan fingerprint density at radius 3 is 2.81 bits per heavy atom. The number of piperidine rings is 1. The second-order valence-electron chi connectivity index (χ2n) is 8.54. The fourth-order valence-electron chi connectivity index (χ4n) is 4.70. The normalized spacial score (nSPS) is 19.8. The molecular formula is C23H31N5O3. The molecule has 1 unspecified atom stereocenters. The first kappa shape index (κ1) is 21.3. The number of carbonyl (C=O) groups is 2. The Kier molecular flexibility index (Phi) is 6.84. The Hall–Kier alpha value is -2.90. The monoisotopic (exact) mass is 425 g/mol. The molecular weight excluding hydrogens is 394 g/mol. The highest BCUT2D eigenvalue weighted by Crippen LogP contribution is 2.30. The van der Waals surface area contributed by atoms with Crippen molar-refractivity contribution in [1.29, 1.82) is 0 Å². The van der Waals surface area contributed by atoms with E-state index in [4.69, 9.17) is 4.74 Å². The first-order chi connectivity index (χ1) is 15.1. The molecule has 1 aliphatic carbocycles. The predicted octanol–water partition coefficient (Wildman–Crippen LogP) is 2.99. The van der Waals surface area contributed by atoms with E-state index in [1.165, 1.54) is 19.3 Å². The molecule has 2 amide bonds. The van der Waals surface area contributed by atoms with Gasteiger partial charge in [0.15, 0.2) is 6.61 Å². The van der Waals surface area contributed by atoms with E-state index in [-0.39, 0.29) is 24.3 Å². The summed E-state index contributed by atoms with van der Waals surface area (Å²) in [5, 5.41) is 7.24. The lowest BCUT2D eigenvalue weighted by atomic mass is 9.91. The Balaban J connectivity index is 1.39. The third-order valence-corrected chi connectivity index (χ3v) is 6.51. The Morgan fingerprint density at radius 2 is 2.03 bits per heavy atom. The fourth-order valence-corrected chi connectivity index (χ4v) is 4.70. The molecule has 2 fully saturated rings. The van der Waals surface area contributed by atoms with E-state index in [1.807, 2.05) is 22.9 Å². The molecule has 1 atom stereocenters. The molecule has 1 aliphatic heterocycles. The standard InChI is InChI=1S/C23H31N5O3/c1-27(18-9-3-2-4-10-18)23(30)19-14-25-26-22(19)17-8-7-13-28(15-17)21(29)16-31-20-11-5-6-12-24-20/h5-6,11-12,14,17-18H,2-4,7-10,13,15-16H2,1H3,(H,25,26). The highest BCUT2D eigenvalue weighted by molar-refractivity contribution is 5.95. The van der Waals surface area contributed by atoms with Gasteiger partial charge in [-0.25, -0.2) is 4.98 Å². The minimum Gasteiger partial charge on any atom is -0.468 e. The lowest BCUT2D eigenvalue weighted by molar-refractivity contribution is -0.134. The van der Waals surface area contributed by atoms with Gasteiger partial charge in [-0.1, -0.05) is 25.3 Å². The highest BCUT2D eigenvalue weighted by Gasteiger charge is 2.31. The van der Waals surface area contributed by atoms with Crippen LogP contribution in [0.5, 0.6) is 5.88 Å². The zero-order chi connectivity index (χ0) is 21.6. The lowest BCUT2D eigenvalue weighted by Crippen LogP contribution is -2.42. The Morgan fingerprint density at radius 1 is 1.19 bits per heavy atom. The number of rotatable bonds is 6. The summed E-state index contributed by atoms with van der Waals surface area (Å²) in [6.07, 6.45) is 10.8. The second-order valence-corrected chi connectivity index (χ2v) is 8.54. The number of hydrogen-bond donors (Lipinski definition) is 1. The van der Waals surface area contributed by atoms with Gasteiger partial charge in [0.2, 0.25) is 5.88 Å². The lowest BCUT2D eigenvalue weighted by Gasteiger charge is -2.34. The molecule has 4 rings (SSSR count). The average Bonchev–Trinajstić information content (AvgIpc) is 3.33. The highest BCUT2D eigenvalue weighted by atomic mass is 16.5. The van der Waals surface area contributed by atoms with Gasteiger partial charge in [0, 0.05) is 44.4 Å². The molecule has 2 aromatic rings. The quantitative estimate of drug-likeness (QED) is 0.768. The summed E-state index contributed by atoms with van der Waals surface area (Å²) in [5.74, 6) is 0.463. The predicted molar refractivity (Wildman–Crippen MR) is 116 cm³/mol. The molecule has 0 aromatic carbocycles. The van der Waals surface area contributed by atoms with Crippen LogP contribution in [0.1, 0.15) is 66.9 Å². The minimum atomic E-state index is -0.0675. The number of carbonyl (C=O) groups excluding carboxylic acids is 2. The molecule has 1 saturated carbocycles. The second kappa shape index (κ2) is 9.94. The third kappa shape index (κ3) is 5.06. The average molecular weight is 426 g/mol. The molecule has 2 aliphatic rings. The van der Waals surface area contributed by atoms with Crippen molar-refractivity contribution in [1.82, 2.24) is 25.0 Å². The summed E-state index contributed by atoms with van der Waals surface area (Å²) in [6, 6.07) is 5.67. The summed E-state index contributed by atoms with van der Waals surface area (Å²) in [5.41, 5.74) is 1.48. The van der Waals surface area contributed by atoms with E-state index in [0.717, 1.165) is 31.4 Å². The van der Waals surface area contributed by atoms with Gasteiger partial charge in [-0.15, -0.1) is 0 Å². The molecule has 0 spiro atoms. The number of amides is 2. The van der Waals surface area contributed by atoms with Gasteiger partial charge in [0.05, 0.1) is 17.5 Å². The van der Waals surface area contributed by atoms with Crippen LogP contribution in [0.25, 0.3) is 0 Å². The van der Waals surface area contributed by atoms with Gasteiger partial charge >= 0.3 is 0 Å². The van der Waals surface area contributed by atoms with Crippen molar-refractivity contribution in [3.8, 4) is 5.88 Å². The van der Waals surface area contributed by atoms with Crippen LogP contribution >= 0.6 is 0 Å². The summed E-state index contributed by atoms with van der Waals surface area (Å²) >= 11 is 0. The van der Waals surface area contributed by atoms with E-state index in [0.29, 0.717) is 30.6 Å². The van der Waals surface area contributed by atoms with Crippen molar-refractivity contribution in [2.45, 2.75) is 56.9 Å². The van der Waals surface area contributed by atoms with Crippen molar-refractivity contribution in [3.05, 3.63) is 41.9 Å². The van der Waals surface area contributed by atoms with Crippen LogP contribution < -0.4 is 4.74 Å². The van der Waals surface area contributed by atoms with Crippen molar-refractivity contribution in [2.24, 2.45) is 0 Å². The van der Waals surface area contributed by atoms with Crippen LogP contribution in [0.3, 0.4) is 0 Å². The molecule has 8 nitrogen and oxygen atoms in total. The maximum atomic E-state index is 13.2. The van der Waals surface area contributed by atoms with Crippen LogP contribution in [0, 0.1) is 0 Å². The summed E-state index contributed by atoms with van der Waals surface area (Å²) in [7, 11) is 1.90. The zero-order valence-electron chi connectivity index (χ0n) is 18.1. The van der Waals surface area contributed by atoms with Crippen molar-refractivity contribution < 1.29 is 14.3 Å². The molecule has 0 radical (unpaired) electrons. The maximum Gasteiger partial charge on any atom is 0.260 e. The van der Waals surface area contributed by atoms with E-state index >= 15 is 0 Å². The number of aromatic amines is 1. The topological polar surface area (TPSA) is 91.4 Å². The zero-order valence-corrected chi connectivity index (χ0v) is 18.1. The first-order valence-electron chi connectivity index (χ1n) is 11.3. The fraction of sp³-hybridized carbons (Fsp3) is 0.565. The molecule has 3 heterocycles. The number of hydrogen-bond acceptors (Lipinski definition) is 5. The molecule has 8 heteroatoms. The summed E-state index contributed by atoms with van der Waals surface area (Å²) < 4.78 is 5.52. The van der Waals surface area contributed by atoms with Crippen LogP contribution in [0.2, 0.25) is 0 Å². The first-order valence-corrected chi connectivity index (χ1v) is 11.3. The maximum absolute atomic E-state index is 13.2. The number of ether oxygens (including phenoxy) is 1. The van der Waals surface area contributed by atoms with Gasteiger partial charge < -0.3 is 14.5 Å². The number of nitrogens with one attached hydrogen (secondary N) is 1. The van der Waals surface area contributed by atoms with Gasteiger partial charge in [-0.2, -0.15) is 5.10 Å². The number of nitrogens with zero attached hydrogens (tertiary/aromatic N) is 4. The smallest absolute Gasteiger partial charge is 0.260 e. The number of H-pyrrole nitrogens is 1. The molecule has 1 saturated heterocycles. The van der Waals surface area contributed by atoms with Crippen LogP contribution in [-0.4, -0.2) is 69.6 Å². The van der Waals surface area contributed by atoms with Crippen LogP contribution in [-0.2, 0) is 4.79 Å². The molecule has 31 heavy (non-hydrogen) atoms. The Labute approximate surface area is 183 Å². The molecule has 1 N–H and O–H groups in total.